The van der Waals surface area contributed by atoms with Gasteiger partial charge in [-0.1, -0.05) is 36.7 Å². The molecule has 4 nitrogen and oxygen atoms in total. The molecule has 0 aliphatic heterocycles. The Labute approximate surface area is 120 Å². The molecule has 0 amide bonds. The Morgan fingerprint density at radius 3 is 2.11 bits per heavy atom. The molecule has 2 rings (SSSR count). The number of aryl methyl sites for hydroxylation is 2. The minimum Gasteiger partial charge on any atom is -0.388 e. The van der Waals surface area contributed by atoms with Gasteiger partial charge in [-0.05, 0) is 23.1 Å². The second-order valence-corrected chi connectivity index (χ2v) is 6.89. The van der Waals surface area contributed by atoms with Crippen LogP contribution in [-0.4, -0.2) is 14.2 Å². The van der Waals surface area contributed by atoms with Gasteiger partial charge in [0.05, 0.1) is 17.1 Å². The summed E-state index contributed by atoms with van der Waals surface area (Å²) in [6.45, 7) is 5.95. The smallest absolute Gasteiger partial charge is 0.328 e. The second kappa shape index (κ2) is 4.49. The van der Waals surface area contributed by atoms with Gasteiger partial charge in [0, 0.05) is 18.6 Å². The lowest BCUT2D eigenvalue weighted by atomic mass is 9.85. The number of hydrogen-bond donors (Lipinski definition) is 1. The second-order valence-electron chi connectivity index (χ2n) is 6.03. The van der Waals surface area contributed by atoms with E-state index in [1.807, 2.05) is 32.9 Å². The van der Waals surface area contributed by atoms with Crippen molar-refractivity contribution in [2.75, 3.05) is 0 Å². The first-order chi connectivity index (χ1) is 8.64. The van der Waals surface area contributed by atoms with E-state index in [9.17, 15) is 9.90 Å². The average molecular weight is 327 g/mol. The van der Waals surface area contributed by atoms with E-state index in [2.05, 4.69) is 15.9 Å². The highest BCUT2D eigenvalue weighted by Crippen LogP contribution is 2.37. The highest BCUT2D eigenvalue weighted by molar-refractivity contribution is 9.10. The minimum absolute atomic E-state index is 0.0655. The largest absolute Gasteiger partial charge is 0.388 e. The predicted octanol–water partition coefficient (Wildman–Crippen LogP) is 2.72. The molecule has 104 valence electrons. The van der Waals surface area contributed by atoms with Crippen molar-refractivity contribution in [3.05, 3.63) is 32.7 Å². The maximum Gasteiger partial charge on any atom is 0.328 e. The van der Waals surface area contributed by atoms with Crippen molar-refractivity contribution < 1.29 is 5.11 Å². The van der Waals surface area contributed by atoms with Crippen LogP contribution < -0.4 is 5.69 Å². The molecule has 1 heterocycles. The molecule has 1 aromatic carbocycles. The summed E-state index contributed by atoms with van der Waals surface area (Å²) < 4.78 is 4.03. The number of benzene rings is 1. The van der Waals surface area contributed by atoms with E-state index in [0.717, 1.165) is 21.1 Å². The zero-order chi connectivity index (χ0) is 14.5. The molecule has 1 atom stereocenters. The summed E-state index contributed by atoms with van der Waals surface area (Å²) in [4.78, 5) is 11.9. The van der Waals surface area contributed by atoms with E-state index in [1.54, 1.807) is 23.2 Å². The van der Waals surface area contributed by atoms with Crippen LogP contribution in [0.4, 0.5) is 0 Å². The molecule has 1 unspecified atom stereocenters. The number of aliphatic hydroxyl groups excluding tert-OH is 1. The first kappa shape index (κ1) is 14.3. The lowest BCUT2D eigenvalue weighted by molar-refractivity contribution is 0.0621. The fourth-order valence-corrected chi connectivity index (χ4v) is 2.76. The molecule has 0 aliphatic rings. The van der Waals surface area contributed by atoms with E-state index in [0.29, 0.717) is 0 Å². The molecule has 0 spiro atoms. The number of aliphatic hydroxyl groups is 1. The summed E-state index contributed by atoms with van der Waals surface area (Å²) >= 11 is 3.49. The number of fused-ring (bicyclic) bond motifs is 1. The molecule has 1 N–H and O–H groups in total. The third kappa shape index (κ3) is 2.25. The normalized spacial score (nSPS) is 14.1. The lowest BCUT2D eigenvalue weighted by Gasteiger charge is -2.27. The van der Waals surface area contributed by atoms with Gasteiger partial charge in [-0.2, -0.15) is 0 Å². The summed E-state index contributed by atoms with van der Waals surface area (Å²) in [6.07, 6.45) is -0.596. The van der Waals surface area contributed by atoms with Crippen molar-refractivity contribution in [1.82, 2.24) is 9.13 Å². The maximum absolute atomic E-state index is 11.9. The molecular weight excluding hydrogens is 308 g/mol. The molecule has 0 aliphatic carbocycles. The van der Waals surface area contributed by atoms with Crippen molar-refractivity contribution in [3.8, 4) is 0 Å². The molecule has 0 bridgehead atoms. The maximum atomic E-state index is 11.9. The molecular formula is C14H19BrN2O2. The number of imidazole rings is 1. The van der Waals surface area contributed by atoms with Crippen LogP contribution >= 0.6 is 15.9 Å². The Balaban J connectivity index is 2.76. The van der Waals surface area contributed by atoms with Gasteiger partial charge in [-0.15, -0.1) is 0 Å². The van der Waals surface area contributed by atoms with Crippen LogP contribution in [0.25, 0.3) is 11.0 Å². The number of nitrogens with zero attached hydrogens (tertiary/aromatic N) is 2. The SMILES string of the molecule is Cn1c(=O)n(C)c2cc(C(O)C(C)(C)C)c(Br)cc21. The number of rotatable bonds is 1. The molecule has 0 fully saturated rings. The minimum atomic E-state index is -0.596. The van der Waals surface area contributed by atoms with Gasteiger partial charge < -0.3 is 5.11 Å². The van der Waals surface area contributed by atoms with E-state index >= 15 is 0 Å². The Kier molecular flexibility index (Phi) is 3.39. The van der Waals surface area contributed by atoms with E-state index in [-0.39, 0.29) is 11.1 Å². The average Bonchev–Trinajstić information content (AvgIpc) is 2.52. The predicted molar refractivity (Wildman–Crippen MR) is 80.3 cm³/mol. The monoisotopic (exact) mass is 326 g/mol. The van der Waals surface area contributed by atoms with Crippen molar-refractivity contribution in [2.45, 2.75) is 26.9 Å². The fourth-order valence-electron chi connectivity index (χ4n) is 2.21. The van der Waals surface area contributed by atoms with Gasteiger partial charge in [0.25, 0.3) is 0 Å². The van der Waals surface area contributed by atoms with Crippen LogP contribution in [-0.2, 0) is 14.1 Å². The van der Waals surface area contributed by atoms with E-state index in [4.69, 9.17) is 0 Å². The molecule has 19 heavy (non-hydrogen) atoms. The van der Waals surface area contributed by atoms with E-state index in [1.165, 1.54) is 0 Å². The first-order valence-corrected chi connectivity index (χ1v) is 6.97. The van der Waals surface area contributed by atoms with Crippen LogP contribution in [0.15, 0.2) is 21.4 Å². The quantitative estimate of drug-likeness (QED) is 0.875. The van der Waals surface area contributed by atoms with Crippen LogP contribution in [0.1, 0.15) is 32.4 Å². The Morgan fingerprint density at radius 1 is 1.16 bits per heavy atom. The van der Waals surface area contributed by atoms with Crippen LogP contribution in [0.3, 0.4) is 0 Å². The van der Waals surface area contributed by atoms with Gasteiger partial charge in [0.1, 0.15) is 0 Å². The molecule has 2 aromatic rings. The number of hydrogen-bond acceptors (Lipinski definition) is 2. The molecule has 1 aromatic heterocycles. The van der Waals surface area contributed by atoms with Crippen molar-refractivity contribution in [2.24, 2.45) is 19.5 Å². The van der Waals surface area contributed by atoms with Crippen LogP contribution in [0, 0.1) is 5.41 Å². The van der Waals surface area contributed by atoms with Crippen molar-refractivity contribution >= 4 is 27.0 Å². The van der Waals surface area contributed by atoms with Crippen molar-refractivity contribution in [1.29, 1.82) is 0 Å². The standard InChI is InChI=1S/C14H19BrN2O2/c1-14(2,3)12(18)8-6-10-11(7-9(8)15)17(5)13(19)16(10)4/h6-7,12,18H,1-5H3. The highest BCUT2D eigenvalue weighted by Gasteiger charge is 2.26. The van der Waals surface area contributed by atoms with Crippen LogP contribution in [0.5, 0.6) is 0 Å². The Bertz CT molecular complexity index is 692. The Morgan fingerprint density at radius 2 is 1.63 bits per heavy atom. The number of aromatic nitrogens is 2. The van der Waals surface area contributed by atoms with Crippen LogP contribution in [0.2, 0.25) is 0 Å². The summed E-state index contributed by atoms with van der Waals surface area (Å²) in [5, 5.41) is 10.4. The molecule has 0 radical (unpaired) electrons. The third-order valence-electron chi connectivity index (χ3n) is 3.51. The lowest BCUT2D eigenvalue weighted by Crippen LogP contribution is -2.19. The highest BCUT2D eigenvalue weighted by atomic mass is 79.9. The van der Waals surface area contributed by atoms with Gasteiger partial charge in [-0.25, -0.2) is 4.79 Å². The van der Waals surface area contributed by atoms with Gasteiger partial charge in [0.15, 0.2) is 0 Å². The van der Waals surface area contributed by atoms with Gasteiger partial charge in [-0.3, -0.25) is 9.13 Å². The summed E-state index contributed by atoms with van der Waals surface area (Å²) in [7, 11) is 3.49. The first-order valence-electron chi connectivity index (χ1n) is 6.17. The zero-order valence-electron chi connectivity index (χ0n) is 11.9. The third-order valence-corrected chi connectivity index (χ3v) is 4.19. The Hall–Kier alpha value is -1.07. The molecule has 0 saturated carbocycles. The molecule has 5 heteroatoms. The van der Waals surface area contributed by atoms with Gasteiger partial charge in [0.2, 0.25) is 0 Å². The topological polar surface area (TPSA) is 47.2 Å². The van der Waals surface area contributed by atoms with Gasteiger partial charge >= 0.3 is 5.69 Å². The summed E-state index contributed by atoms with van der Waals surface area (Å²) in [5.41, 5.74) is 2.16. The number of halogens is 1. The van der Waals surface area contributed by atoms with Crippen molar-refractivity contribution in [3.63, 3.8) is 0 Å². The zero-order valence-corrected chi connectivity index (χ0v) is 13.4. The summed E-state index contributed by atoms with van der Waals surface area (Å²) in [5.74, 6) is 0. The van der Waals surface area contributed by atoms with E-state index < -0.39 is 6.10 Å². The molecule has 0 saturated heterocycles. The fraction of sp³-hybridized carbons (Fsp3) is 0.500. The summed E-state index contributed by atoms with van der Waals surface area (Å²) in [6, 6.07) is 3.78.